The molecule has 2 aliphatic rings. The minimum Gasteiger partial charge on any atom is -0.339 e. The van der Waals surface area contributed by atoms with Gasteiger partial charge in [0.25, 0.3) is 11.8 Å². The Morgan fingerprint density at radius 3 is 2.31 bits per heavy atom. The van der Waals surface area contributed by atoms with Gasteiger partial charge in [-0.1, -0.05) is 29.8 Å². The van der Waals surface area contributed by atoms with Gasteiger partial charge in [0.05, 0.1) is 0 Å². The number of benzene rings is 1. The number of carbonyl (C=O) groups excluding carboxylic acids is 4. The second-order valence-corrected chi connectivity index (χ2v) is 9.23. The molecule has 1 aromatic heterocycles. The summed E-state index contributed by atoms with van der Waals surface area (Å²) in [5.74, 6) is -0.874. The first-order valence-electron chi connectivity index (χ1n) is 12.0. The van der Waals surface area contributed by atoms with E-state index in [0.29, 0.717) is 51.5 Å². The lowest BCUT2D eigenvalue weighted by Crippen LogP contribution is -2.54. The Kier molecular flexibility index (Phi) is 7.18. The highest BCUT2D eigenvalue weighted by atomic mass is 16.2. The van der Waals surface area contributed by atoms with Gasteiger partial charge in [0, 0.05) is 58.8 Å². The maximum Gasteiger partial charge on any atom is 0.272 e. The van der Waals surface area contributed by atoms with E-state index in [1.54, 1.807) is 26.3 Å². The molecule has 0 unspecified atom stereocenters. The molecule has 10 heteroatoms. The van der Waals surface area contributed by atoms with Gasteiger partial charge in [-0.2, -0.15) is 5.10 Å². The predicted molar refractivity (Wildman–Crippen MR) is 129 cm³/mol. The molecule has 3 heterocycles. The zero-order valence-corrected chi connectivity index (χ0v) is 20.5. The van der Waals surface area contributed by atoms with Crippen LogP contribution in [0.15, 0.2) is 30.3 Å². The standard InChI is InChI=1S/C25H32N6O4/c1-17-5-7-20(8-6-17)16-30-9-4-10-31-22(25(30)35)15-21(27-31)23(33)26-18(2)24(34)29-13-11-28(12-14-29)19(3)32/h5-8,15,18H,4,9-14,16H2,1-3H3,(H,26,33)/t18-/m1/s1. The summed E-state index contributed by atoms with van der Waals surface area (Å²) in [6, 6.07) is 8.84. The van der Waals surface area contributed by atoms with E-state index in [0.717, 1.165) is 17.5 Å². The van der Waals surface area contributed by atoms with Gasteiger partial charge >= 0.3 is 0 Å². The number of nitrogens with zero attached hydrogens (tertiary/aromatic N) is 5. The molecule has 2 aromatic rings. The number of hydrogen-bond acceptors (Lipinski definition) is 5. The van der Waals surface area contributed by atoms with Crippen LogP contribution in [-0.2, 0) is 22.7 Å². The zero-order chi connectivity index (χ0) is 25.1. The van der Waals surface area contributed by atoms with E-state index < -0.39 is 11.9 Å². The number of aromatic nitrogens is 2. The van der Waals surface area contributed by atoms with Crippen molar-refractivity contribution in [2.45, 2.75) is 46.3 Å². The average molecular weight is 481 g/mol. The Morgan fingerprint density at radius 1 is 1.00 bits per heavy atom. The summed E-state index contributed by atoms with van der Waals surface area (Å²) in [4.78, 5) is 55.5. The van der Waals surface area contributed by atoms with Crippen molar-refractivity contribution >= 4 is 23.6 Å². The van der Waals surface area contributed by atoms with Crippen molar-refractivity contribution < 1.29 is 19.2 Å². The summed E-state index contributed by atoms with van der Waals surface area (Å²) >= 11 is 0. The van der Waals surface area contributed by atoms with Crippen LogP contribution >= 0.6 is 0 Å². The SMILES string of the molecule is CC(=O)N1CCN(C(=O)[C@@H](C)NC(=O)c2cc3n(n2)CCCN(Cc2ccc(C)cc2)C3=O)CC1. The van der Waals surface area contributed by atoms with Gasteiger partial charge in [-0.05, 0) is 25.8 Å². The highest BCUT2D eigenvalue weighted by molar-refractivity contribution is 5.99. The van der Waals surface area contributed by atoms with Crippen LogP contribution in [0.4, 0.5) is 0 Å². The molecule has 186 valence electrons. The highest BCUT2D eigenvalue weighted by Crippen LogP contribution is 2.17. The number of carbonyl (C=O) groups is 4. The Bertz CT molecular complexity index is 1120. The minimum atomic E-state index is -0.748. The van der Waals surface area contributed by atoms with Gasteiger partial charge in [-0.25, -0.2) is 0 Å². The third-order valence-corrected chi connectivity index (χ3v) is 6.57. The van der Waals surface area contributed by atoms with Gasteiger partial charge in [0.1, 0.15) is 11.7 Å². The van der Waals surface area contributed by atoms with Crippen molar-refractivity contribution in [1.82, 2.24) is 29.8 Å². The molecule has 4 rings (SSSR count). The number of hydrogen-bond donors (Lipinski definition) is 1. The Morgan fingerprint density at radius 2 is 1.66 bits per heavy atom. The molecular formula is C25H32N6O4. The number of amides is 4. The first-order chi connectivity index (χ1) is 16.7. The van der Waals surface area contributed by atoms with Gasteiger partial charge in [0.15, 0.2) is 5.69 Å². The summed E-state index contributed by atoms with van der Waals surface area (Å²) in [5.41, 5.74) is 2.70. The summed E-state index contributed by atoms with van der Waals surface area (Å²) in [6.45, 7) is 8.64. The monoisotopic (exact) mass is 480 g/mol. The smallest absolute Gasteiger partial charge is 0.272 e. The molecule has 10 nitrogen and oxygen atoms in total. The van der Waals surface area contributed by atoms with E-state index in [4.69, 9.17) is 0 Å². The van der Waals surface area contributed by atoms with Crippen molar-refractivity contribution in [1.29, 1.82) is 0 Å². The molecule has 1 N–H and O–H groups in total. The molecule has 1 atom stereocenters. The molecule has 4 amide bonds. The molecule has 0 aliphatic carbocycles. The van der Waals surface area contributed by atoms with Crippen LogP contribution in [0.5, 0.6) is 0 Å². The molecule has 1 aromatic carbocycles. The van der Waals surface area contributed by atoms with Gasteiger partial charge in [0.2, 0.25) is 11.8 Å². The first-order valence-corrected chi connectivity index (χ1v) is 12.0. The van der Waals surface area contributed by atoms with Crippen LogP contribution in [0, 0.1) is 6.92 Å². The first kappa shape index (κ1) is 24.4. The lowest BCUT2D eigenvalue weighted by molar-refractivity contribution is -0.139. The van der Waals surface area contributed by atoms with Crippen molar-refractivity contribution in [2.75, 3.05) is 32.7 Å². The third kappa shape index (κ3) is 5.52. The van der Waals surface area contributed by atoms with Crippen LogP contribution in [0.1, 0.15) is 52.4 Å². The summed E-state index contributed by atoms with van der Waals surface area (Å²) in [7, 11) is 0. The number of rotatable bonds is 5. The largest absolute Gasteiger partial charge is 0.339 e. The van der Waals surface area contributed by atoms with Crippen molar-refractivity contribution in [3.8, 4) is 0 Å². The van der Waals surface area contributed by atoms with Crippen LogP contribution in [0.3, 0.4) is 0 Å². The summed E-state index contributed by atoms with van der Waals surface area (Å²) in [6.07, 6.45) is 0.731. The second kappa shape index (κ2) is 10.3. The lowest BCUT2D eigenvalue weighted by atomic mass is 10.1. The highest BCUT2D eigenvalue weighted by Gasteiger charge is 2.29. The van der Waals surface area contributed by atoms with E-state index in [1.807, 2.05) is 31.2 Å². The molecule has 0 spiro atoms. The Labute approximate surface area is 204 Å². The van der Waals surface area contributed by atoms with E-state index in [1.165, 1.54) is 13.0 Å². The summed E-state index contributed by atoms with van der Waals surface area (Å²) < 4.78 is 1.58. The molecule has 1 saturated heterocycles. The Balaban J connectivity index is 1.39. The van der Waals surface area contributed by atoms with E-state index in [-0.39, 0.29) is 23.4 Å². The molecule has 35 heavy (non-hydrogen) atoms. The summed E-state index contributed by atoms with van der Waals surface area (Å²) in [5, 5.41) is 7.07. The number of nitrogens with one attached hydrogen (secondary N) is 1. The fourth-order valence-electron chi connectivity index (χ4n) is 4.46. The fourth-order valence-corrected chi connectivity index (χ4v) is 4.46. The van der Waals surface area contributed by atoms with E-state index in [2.05, 4.69) is 10.4 Å². The quantitative estimate of drug-likeness (QED) is 0.688. The van der Waals surface area contributed by atoms with Gasteiger partial charge in [-0.15, -0.1) is 0 Å². The second-order valence-electron chi connectivity index (χ2n) is 9.23. The average Bonchev–Trinajstić information content (AvgIpc) is 3.22. The zero-order valence-electron chi connectivity index (χ0n) is 20.5. The molecule has 2 aliphatic heterocycles. The number of piperazine rings is 1. The fraction of sp³-hybridized carbons (Fsp3) is 0.480. The minimum absolute atomic E-state index is 0.00928. The Hall–Kier alpha value is -3.69. The molecular weight excluding hydrogens is 448 g/mol. The number of fused-ring (bicyclic) bond motifs is 1. The maximum atomic E-state index is 13.2. The molecule has 0 bridgehead atoms. The van der Waals surface area contributed by atoms with Gasteiger partial charge < -0.3 is 20.0 Å². The van der Waals surface area contributed by atoms with E-state index >= 15 is 0 Å². The topological polar surface area (TPSA) is 108 Å². The van der Waals surface area contributed by atoms with Crippen LogP contribution < -0.4 is 5.32 Å². The lowest BCUT2D eigenvalue weighted by Gasteiger charge is -2.35. The molecule has 1 fully saturated rings. The predicted octanol–water partition coefficient (Wildman–Crippen LogP) is 1.05. The molecule has 0 saturated carbocycles. The third-order valence-electron chi connectivity index (χ3n) is 6.57. The van der Waals surface area contributed by atoms with Gasteiger partial charge in [-0.3, -0.25) is 23.9 Å². The van der Waals surface area contributed by atoms with Crippen LogP contribution in [0.2, 0.25) is 0 Å². The number of aryl methyl sites for hydroxylation is 2. The van der Waals surface area contributed by atoms with E-state index in [9.17, 15) is 19.2 Å². The van der Waals surface area contributed by atoms with Crippen molar-refractivity contribution in [2.24, 2.45) is 0 Å². The normalized spacial score (nSPS) is 17.0. The molecule has 0 radical (unpaired) electrons. The maximum absolute atomic E-state index is 13.2. The van der Waals surface area contributed by atoms with Crippen molar-refractivity contribution in [3.05, 3.63) is 52.8 Å². The van der Waals surface area contributed by atoms with Crippen molar-refractivity contribution in [3.63, 3.8) is 0 Å². The van der Waals surface area contributed by atoms with Crippen LogP contribution in [0.25, 0.3) is 0 Å². The van der Waals surface area contributed by atoms with Crippen LogP contribution in [-0.4, -0.2) is 86.9 Å².